The minimum atomic E-state index is 0.0472. The van der Waals surface area contributed by atoms with Crippen molar-refractivity contribution in [2.75, 3.05) is 13.1 Å². The molecule has 2 atom stereocenters. The number of hydrogen-bond donors (Lipinski definition) is 0. The second-order valence-corrected chi connectivity index (χ2v) is 8.37. The van der Waals surface area contributed by atoms with Crippen LogP contribution in [0.2, 0.25) is 0 Å². The highest BCUT2D eigenvalue weighted by atomic mass is 16.5. The van der Waals surface area contributed by atoms with Crippen LogP contribution in [0.3, 0.4) is 0 Å². The summed E-state index contributed by atoms with van der Waals surface area (Å²) in [6.07, 6.45) is 10.9. The van der Waals surface area contributed by atoms with Crippen LogP contribution in [0.4, 0.5) is 0 Å². The number of amides is 1. The second-order valence-electron chi connectivity index (χ2n) is 8.37. The molecule has 6 bridgehead atoms. The molecule has 6 aliphatic rings. The highest BCUT2D eigenvalue weighted by molar-refractivity contribution is 5.83. The van der Waals surface area contributed by atoms with E-state index in [0.29, 0.717) is 18.1 Å². The monoisotopic (exact) mass is 275 g/mol. The summed E-state index contributed by atoms with van der Waals surface area (Å²) >= 11 is 0. The van der Waals surface area contributed by atoms with Crippen molar-refractivity contribution >= 4 is 5.91 Å². The number of nitrogens with zero attached hydrogens (tertiary/aromatic N) is 1. The molecule has 110 valence electrons. The minimum Gasteiger partial charge on any atom is -0.371 e. The van der Waals surface area contributed by atoms with Crippen molar-refractivity contribution in [1.29, 1.82) is 0 Å². The van der Waals surface area contributed by atoms with Crippen molar-refractivity contribution in [3.8, 4) is 0 Å². The van der Waals surface area contributed by atoms with E-state index in [1.165, 1.54) is 38.5 Å². The smallest absolute Gasteiger partial charge is 0.228 e. The van der Waals surface area contributed by atoms with Crippen molar-refractivity contribution in [2.45, 2.75) is 63.6 Å². The van der Waals surface area contributed by atoms with Crippen LogP contribution in [0.25, 0.3) is 0 Å². The number of likely N-dealkylation sites (tertiary alicyclic amines) is 1. The number of morpholine rings is 1. The van der Waals surface area contributed by atoms with Crippen molar-refractivity contribution in [2.24, 2.45) is 23.2 Å². The zero-order valence-electron chi connectivity index (χ0n) is 12.2. The number of carbonyl (C=O) groups is 1. The Labute approximate surface area is 121 Å². The summed E-state index contributed by atoms with van der Waals surface area (Å²) in [5.41, 5.74) is 0.0472. The molecule has 2 heterocycles. The number of carbonyl (C=O) groups excluding carboxylic acids is 1. The lowest BCUT2D eigenvalue weighted by Gasteiger charge is -2.57. The van der Waals surface area contributed by atoms with E-state index in [1.54, 1.807) is 0 Å². The Kier molecular flexibility index (Phi) is 2.40. The van der Waals surface area contributed by atoms with E-state index in [1.807, 2.05) is 0 Å². The van der Waals surface area contributed by atoms with Crippen LogP contribution in [-0.2, 0) is 9.53 Å². The molecule has 2 aliphatic heterocycles. The SMILES string of the molecule is O=C(N1CC2CCC(C1)O2)C12CC3CC(CC(C3)C1)C2. The molecule has 3 heteroatoms. The standard InChI is InChI=1S/C17H25NO2/c19-16(18-9-14-1-2-15(10-18)20-14)17-6-11-3-12(7-17)5-13(4-11)8-17/h11-15H,1-10H2. The lowest BCUT2D eigenvalue weighted by atomic mass is 9.49. The van der Waals surface area contributed by atoms with Crippen LogP contribution in [0.1, 0.15) is 51.4 Å². The number of ether oxygens (including phenoxy) is 1. The zero-order chi connectivity index (χ0) is 13.3. The lowest BCUT2D eigenvalue weighted by molar-refractivity contribution is -0.165. The Bertz CT molecular complexity index is 399. The molecule has 20 heavy (non-hydrogen) atoms. The minimum absolute atomic E-state index is 0.0472. The fraction of sp³-hybridized carbons (Fsp3) is 0.941. The summed E-state index contributed by atoms with van der Waals surface area (Å²) in [7, 11) is 0. The first-order valence-electron chi connectivity index (χ1n) is 8.65. The predicted molar refractivity (Wildman–Crippen MR) is 75.1 cm³/mol. The van der Waals surface area contributed by atoms with Gasteiger partial charge in [0.1, 0.15) is 0 Å². The van der Waals surface area contributed by atoms with Crippen LogP contribution in [0.5, 0.6) is 0 Å². The van der Waals surface area contributed by atoms with E-state index in [4.69, 9.17) is 4.74 Å². The Morgan fingerprint density at radius 3 is 1.90 bits per heavy atom. The van der Waals surface area contributed by atoms with Crippen LogP contribution < -0.4 is 0 Å². The molecule has 0 radical (unpaired) electrons. The molecule has 6 rings (SSSR count). The first kappa shape index (κ1) is 12.0. The molecule has 4 saturated carbocycles. The third kappa shape index (κ3) is 1.65. The van der Waals surface area contributed by atoms with Gasteiger partial charge in [0.05, 0.1) is 17.6 Å². The van der Waals surface area contributed by atoms with Crippen LogP contribution >= 0.6 is 0 Å². The molecule has 2 saturated heterocycles. The van der Waals surface area contributed by atoms with Gasteiger partial charge in [0.25, 0.3) is 0 Å². The van der Waals surface area contributed by atoms with Crippen LogP contribution in [0.15, 0.2) is 0 Å². The van der Waals surface area contributed by atoms with Gasteiger partial charge in [0, 0.05) is 13.1 Å². The molecule has 0 aromatic carbocycles. The fourth-order valence-corrected chi connectivity index (χ4v) is 6.49. The van der Waals surface area contributed by atoms with Gasteiger partial charge in [-0.1, -0.05) is 0 Å². The Morgan fingerprint density at radius 2 is 1.40 bits per heavy atom. The maximum atomic E-state index is 13.2. The summed E-state index contributed by atoms with van der Waals surface area (Å²) in [5, 5.41) is 0. The number of hydrogen-bond acceptors (Lipinski definition) is 2. The topological polar surface area (TPSA) is 29.5 Å². The summed E-state index contributed by atoms with van der Waals surface area (Å²) in [4.78, 5) is 15.4. The molecule has 1 amide bonds. The van der Waals surface area contributed by atoms with Gasteiger partial charge in [0.15, 0.2) is 0 Å². The van der Waals surface area contributed by atoms with Gasteiger partial charge in [-0.3, -0.25) is 4.79 Å². The molecule has 0 aromatic heterocycles. The van der Waals surface area contributed by atoms with E-state index in [0.717, 1.165) is 43.7 Å². The largest absolute Gasteiger partial charge is 0.371 e. The van der Waals surface area contributed by atoms with Crippen molar-refractivity contribution in [3.05, 3.63) is 0 Å². The fourth-order valence-electron chi connectivity index (χ4n) is 6.49. The Hall–Kier alpha value is -0.570. The average Bonchev–Trinajstić information content (AvgIpc) is 2.75. The lowest BCUT2D eigenvalue weighted by Crippen LogP contribution is -2.57. The van der Waals surface area contributed by atoms with Gasteiger partial charge in [-0.25, -0.2) is 0 Å². The van der Waals surface area contributed by atoms with E-state index < -0.39 is 0 Å². The zero-order valence-corrected chi connectivity index (χ0v) is 12.2. The summed E-state index contributed by atoms with van der Waals surface area (Å²) in [5.74, 6) is 3.10. The van der Waals surface area contributed by atoms with Gasteiger partial charge >= 0.3 is 0 Å². The van der Waals surface area contributed by atoms with E-state index in [9.17, 15) is 4.79 Å². The van der Waals surface area contributed by atoms with E-state index in [-0.39, 0.29) is 5.41 Å². The molecular formula is C17H25NO2. The van der Waals surface area contributed by atoms with Gasteiger partial charge in [-0.2, -0.15) is 0 Å². The summed E-state index contributed by atoms with van der Waals surface area (Å²) in [6.45, 7) is 1.74. The molecule has 3 nitrogen and oxygen atoms in total. The third-order valence-electron chi connectivity index (χ3n) is 6.82. The highest BCUT2D eigenvalue weighted by Crippen LogP contribution is 2.60. The first-order chi connectivity index (χ1) is 9.70. The third-order valence-corrected chi connectivity index (χ3v) is 6.82. The number of rotatable bonds is 1. The summed E-state index contributed by atoms with van der Waals surface area (Å²) in [6, 6.07) is 0. The molecule has 6 fully saturated rings. The van der Waals surface area contributed by atoms with Gasteiger partial charge in [-0.05, 0) is 69.1 Å². The van der Waals surface area contributed by atoms with Crippen molar-refractivity contribution in [3.63, 3.8) is 0 Å². The molecule has 4 aliphatic carbocycles. The van der Waals surface area contributed by atoms with Gasteiger partial charge in [-0.15, -0.1) is 0 Å². The predicted octanol–water partition coefficient (Wildman–Crippen LogP) is 2.59. The average molecular weight is 275 g/mol. The molecule has 0 spiro atoms. The van der Waals surface area contributed by atoms with E-state index >= 15 is 0 Å². The van der Waals surface area contributed by atoms with Gasteiger partial charge < -0.3 is 9.64 Å². The van der Waals surface area contributed by atoms with Crippen LogP contribution in [-0.4, -0.2) is 36.1 Å². The van der Waals surface area contributed by atoms with Crippen molar-refractivity contribution < 1.29 is 9.53 Å². The van der Waals surface area contributed by atoms with E-state index in [2.05, 4.69) is 4.90 Å². The summed E-state index contributed by atoms with van der Waals surface area (Å²) < 4.78 is 5.90. The highest BCUT2D eigenvalue weighted by Gasteiger charge is 2.56. The normalized spacial score (nSPS) is 52.6. The molecular weight excluding hydrogens is 250 g/mol. The maximum absolute atomic E-state index is 13.2. The number of fused-ring (bicyclic) bond motifs is 2. The first-order valence-corrected chi connectivity index (χ1v) is 8.65. The molecule has 0 N–H and O–H groups in total. The Balaban J connectivity index is 1.40. The second kappa shape index (κ2) is 4.00. The van der Waals surface area contributed by atoms with Crippen LogP contribution in [0, 0.1) is 23.2 Å². The molecule has 2 unspecified atom stereocenters. The Morgan fingerprint density at radius 1 is 0.900 bits per heavy atom. The van der Waals surface area contributed by atoms with Crippen molar-refractivity contribution in [1.82, 2.24) is 4.90 Å². The maximum Gasteiger partial charge on any atom is 0.228 e. The molecule has 0 aromatic rings. The van der Waals surface area contributed by atoms with Gasteiger partial charge in [0.2, 0.25) is 5.91 Å². The quantitative estimate of drug-likeness (QED) is 0.736.